The summed E-state index contributed by atoms with van der Waals surface area (Å²) in [6.45, 7) is 7.61. The summed E-state index contributed by atoms with van der Waals surface area (Å²) in [6.07, 6.45) is 2.70. The first-order valence-electron chi connectivity index (χ1n) is 9.29. The second-order valence-corrected chi connectivity index (χ2v) is 7.35. The van der Waals surface area contributed by atoms with E-state index in [1.807, 2.05) is 52.0 Å². The van der Waals surface area contributed by atoms with Crippen LogP contribution in [0.4, 0.5) is 0 Å². The highest BCUT2D eigenvalue weighted by Crippen LogP contribution is 2.30. The molecule has 0 bridgehead atoms. The normalized spacial score (nSPS) is 13.3. The number of amides is 1. The van der Waals surface area contributed by atoms with Crippen LogP contribution in [0, 0.1) is 0 Å². The Morgan fingerprint density at radius 1 is 1.12 bits per heavy atom. The first-order valence-corrected chi connectivity index (χ1v) is 9.29. The van der Waals surface area contributed by atoms with Gasteiger partial charge in [0.15, 0.2) is 6.61 Å². The molecule has 1 heterocycles. The average molecular weight is 354 g/mol. The van der Waals surface area contributed by atoms with Crippen molar-refractivity contribution in [3.63, 3.8) is 0 Å². The molecule has 2 aromatic rings. The summed E-state index contributed by atoms with van der Waals surface area (Å²) in [4.78, 5) is 31.8. The fraction of sp³-hybridized carbons (Fsp3) is 0.476. The second kappa shape index (κ2) is 7.44. The van der Waals surface area contributed by atoms with Gasteiger partial charge in [0.2, 0.25) is 0 Å². The molecule has 1 aliphatic carbocycles. The third kappa shape index (κ3) is 3.43. The number of rotatable bonds is 5. The highest BCUT2D eigenvalue weighted by atomic mass is 16.5. The third-order valence-electron chi connectivity index (χ3n) is 4.85. The molecule has 0 radical (unpaired) electrons. The van der Waals surface area contributed by atoms with Crippen LogP contribution in [0.5, 0.6) is 0 Å². The van der Waals surface area contributed by atoms with Crippen LogP contribution >= 0.6 is 0 Å². The van der Waals surface area contributed by atoms with Gasteiger partial charge in [-0.05, 0) is 58.6 Å². The zero-order chi connectivity index (χ0) is 18.8. The summed E-state index contributed by atoms with van der Waals surface area (Å²) >= 11 is 0. The molecule has 1 aliphatic rings. The molecule has 1 aromatic carbocycles. The number of ether oxygens (including phenoxy) is 1. The van der Waals surface area contributed by atoms with Crippen LogP contribution in [-0.2, 0) is 22.4 Å². The number of carbonyl (C=O) groups excluding carboxylic acids is 2. The molecule has 0 saturated carbocycles. The molecule has 5 heteroatoms. The average Bonchev–Trinajstić information content (AvgIpc) is 3.04. The van der Waals surface area contributed by atoms with Crippen LogP contribution < -0.4 is 0 Å². The predicted octanol–water partition coefficient (Wildman–Crippen LogP) is 3.53. The van der Waals surface area contributed by atoms with E-state index in [-0.39, 0.29) is 24.6 Å². The van der Waals surface area contributed by atoms with Gasteiger partial charge in [0, 0.05) is 23.2 Å². The van der Waals surface area contributed by atoms with Gasteiger partial charge in [0.05, 0.1) is 11.1 Å². The van der Waals surface area contributed by atoms with E-state index in [2.05, 4.69) is 4.98 Å². The molecule has 1 aromatic heterocycles. The summed E-state index contributed by atoms with van der Waals surface area (Å²) in [5.41, 5.74) is 3.34. The van der Waals surface area contributed by atoms with E-state index in [0.717, 1.165) is 41.4 Å². The molecule has 0 aliphatic heterocycles. The molecule has 138 valence electrons. The van der Waals surface area contributed by atoms with Gasteiger partial charge in [0.25, 0.3) is 5.91 Å². The maximum atomic E-state index is 12.9. The van der Waals surface area contributed by atoms with Crippen LogP contribution in [0.2, 0.25) is 0 Å². The Bertz CT molecular complexity index is 835. The molecular weight excluding hydrogens is 328 g/mol. The van der Waals surface area contributed by atoms with Crippen LogP contribution in [0.3, 0.4) is 0 Å². The Hall–Kier alpha value is -2.43. The molecule has 3 rings (SSSR count). The maximum absolute atomic E-state index is 12.9. The summed E-state index contributed by atoms with van der Waals surface area (Å²) < 4.78 is 5.45. The van der Waals surface area contributed by atoms with Gasteiger partial charge in [-0.15, -0.1) is 0 Å². The number of aromatic nitrogens is 1. The van der Waals surface area contributed by atoms with E-state index in [0.29, 0.717) is 5.56 Å². The van der Waals surface area contributed by atoms with Crippen LogP contribution in [0.1, 0.15) is 55.7 Å². The van der Waals surface area contributed by atoms with E-state index < -0.39 is 5.97 Å². The van der Waals surface area contributed by atoms with Gasteiger partial charge in [-0.1, -0.05) is 18.2 Å². The lowest BCUT2D eigenvalue weighted by molar-refractivity contribution is -0.138. The largest absolute Gasteiger partial charge is 0.452 e. The standard InChI is InChI=1S/C21H26N2O3/c1-13(2)23(14(3)4)19(24)12-26-21(25)20-15-8-5-6-10-17(15)22-18-11-7-9-16(18)20/h5-6,8,10,13-14H,7,9,11-12H2,1-4H3. The number of hydrogen-bond acceptors (Lipinski definition) is 4. The van der Waals surface area contributed by atoms with E-state index in [1.165, 1.54) is 0 Å². The van der Waals surface area contributed by atoms with Crippen molar-refractivity contribution in [2.75, 3.05) is 6.61 Å². The number of hydrogen-bond donors (Lipinski definition) is 0. The molecule has 0 spiro atoms. The Morgan fingerprint density at radius 2 is 1.81 bits per heavy atom. The fourth-order valence-corrected chi connectivity index (χ4v) is 3.89. The predicted molar refractivity (Wildman–Crippen MR) is 101 cm³/mol. The minimum absolute atomic E-state index is 0.0622. The summed E-state index contributed by atoms with van der Waals surface area (Å²) in [6, 6.07) is 7.74. The zero-order valence-corrected chi connectivity index (χ0v) is 15.9. The number of carbonyl (C=O) groups is 2. The third-order valence-corrected chi connectivity index (χ3v) is 4.85. The maximum Gasteiger partial charge on any atom is 0.339 e. The molecule has 0 N–H and O–H groups in total. The number of para-hydroxylation sites is 1. The molecule has 0 fully saturated rings. The van der Waals surface area contributed by atoms with Crippen LogP contribution in [-0.4, -0.2) is 40.5 Å². The molecule has 26 heavy (non-hydrogen) atoms. The highest BCUT2D eigenvalue weighted by molar-refractivity contribution is 6.05. The van der Waals surface area contributed by atoms with Gasteiger partial charge < -0.3 is 9.64 Å². The van der Waals surface area contributed by atoms with Crippen molar-refractivity contribution in [1.82, 2.24) is 9.88 Å². The zero-order valence-electron chi connectivity index (χ0n) is 15.9. The Labute approximate surface area is 154 Å². The van der Waals surface area contributed by atoms with Crippen LogP contribution in [0.25, 0.3) is 10.9 Å². The number of pyridine rings is 1. The van der Waals surface area contributed by atoms with E-state index in [1.54, 1.807) is 4.90 Å². The van der Waals surface area contributed by atoms with Gasteiger partial charge in [-0.3, -0.25) is 9.78 Å². The van der Waals surface area contributed by atoms with Gasteiger partial charge in [-0.25, -0.2) is 4.79 Å². The van der Waals surface area contributed by atoms with Crippen molar-refractivity contribution in [1.29, 1.82) is 0 Å². The van der Waals surface area contributed by atoms with Crippen LogP contribution in [0.15, 0.2) is 24.3 Å². The molecule has 0 saturated heterocycles. The van der Waals surface area contributed by atoms with Gasteiger partial charge in [0.1, 0.15) is 0 Å². The lowest BCUT2D eigenvalue weighted by Crippen LogP contribution is -2.44. The number of fused-ring (bicyclic) bond motifs is 2. The number of esters is 1. The second-order valence-electron chi connectivity index (χ2n) is 7.35. The van der Waals surface area contributed by atoms with Crippen molar-refractivity contribution in [2.24, 2.45) is 0 Å². The Kier molecular flexibility index (Phi) is 5.25. The fourth-order valence-electron chi connectivity index (χ4n) is 3.89. The van der Waals surface area contributed by atoms with Gasteiger partial charge >= 0.3 is 5.97 Å². The monoisotopic (exact) mass is 354 g/mol. The SMILES string of the molecule is CC(C)N(C(=O)COC(=O)c1c2c(nc3ccccc13)CCC2)C(C)C. The smallest absolute Gasteiger partial charge is 0.339 e. The first kappa shape index (κ1) is 18.4. The minimum Gasteiger partial charge on any atom is -0.452 e. The van der Waals surface area contributed by atoms with Crippen molar-refractivity contribution >= 4 is 22.8 Å². The number of aryl methyl sites for hydroxylation is 1. The highest BCUT2D eigenvalue weighted by Gasteiger charge is 2.26. The van der Waals surface area contributed by atoms with E-state index >= 15 is 0 Å². The summed E-state index contributed by atoms with van der Waals surface area (Å²) in [5, 5.41) is 0.801. The lowest BCUT2D eigenvalue weighted by Gasteiger charge is -2.30. The van der Waals surface area contributed by atoms with Crippen molar-refractivity contribution in [2.45, 2.75) is 59.0 Å². The molecule has 0 unspecified atom stereocenters. The van der Waals surface area contributed by atoms with Crippen molar-refractivity contribution in [3.8, 4) is 0 Å². The minimum atomic E-state index is -0.428. The number of nitrogens with zero attached hydrogens (tertiary/aromatic N) is 2. The molecular formula is C21H26N2O3. The summed E-state index contributed by atoms with van der Waals surface area (Å²) in [5.74, 6) is -0.596. The molecule has 0 atom stereocenters. The van der Waals surface area contributed by atoms with E-state index in [4.69, 9.17) is 4.74 Å². The molecule has 5 nitrogen and oxygen atoms in total. The Morgan fingerprint density at radius 3 is 2.50 bits per heavy atom. The van der Waals surface area contributed by atoms with Gasteiger partial charge in [-0.2, -0.15) is 0 Å². The molecule has 1 amide bonds. The number of benzene rings is 1. The topological polar surface area (TPSA) is 59.5 Å². The lowest BCUT2D eigenvalue weighted by atomic mass is 10.0. The first-order chi connectivity index (χ1) is 12.4. The van der Waals surface area contributed by atoms with Crippen molar-refractivity contribution in [3.05, 3.63) is 41.1 Å². The Balaban J connectivity index is 1.86. The summed E-state index contributed by atoms with van der Waals surface area (Å²) in [7, 11) is 0. The quantitative estimate of drug-likeness (QED) is 0.771. The van der Waals surface area contributed by atoms with Crippen molar-refractivity contribution < 1.29 is 14.3 Å². The van der Waals surface area contributed by atoms with E-state index in [9.17, 15) is 9.59 Å².